The molecule has 4 nitrogen and oxygen atoms in total. The van der Waals surface area contributed by atoms with Crippen LogP contribution in [-0.4, -0.2) is 24.0 Å². The SMILES string of the molecule is CC(C)(C)OC(=O)CN(C(=O)c1c(F)cc(F)cc1F)c1cccc(F)c1F. The summed E-state index contributed by atoms with van der Waals surface area (Å²) < 4.78 is 74.0. The fourth-order valence-corrected chi connectivity index (χ4v) is 2.35. The van der Waals surface area contributed by atoms with Gasteiger partial charge in [-0.1, -0.05) is 6.07 Å². The second-order valence-electron chi connectivity index (χ2n) is 6.80. The van der Waals surface area contributed by atoms with Crippen LogP contribution in [0.4, 0.5) is 27.6 Å². The van der Waals surface area contributed by atoms with E-state index in [0.717, 1.165) is 18.2 Å². The summed E-state index contributed by atoms with van der Waals surface area (Å²) in [5.41, 5.74) is -2.94. The van der Waals surface area contributed by atoms with Crippen molar-refractivity contribution in [2.45, 2.75) is 26.4 Å². The molecule has 0 saturated carbocycles. The van der Waals surface area contributed by atoms with E-state index >= 15 is 0 Å². The van der Waals surface area contributed by atoms with E-state index in [9.17, 15) is 31.5 Å². The van der Waals surface area contributed by atoms with Gasteiger partial charge in [-0.2, -0.15) is 0 Å². The van der Waals surface area contributed by atoms with Gasteiger partial charge in [0.05, 0.1) is 5.69 Å². The van der Waals surface area contributed by atoms with E-state index in [2.05, 4.69) is 0 Å². The minimum atomic E-state index is -1.56. The molecule has 0 unspecified atom stereocenters. The molecule has 0 N–H and O–H groups in total. The topological polar surface area (TPSA) is 46.6 Å². The number of carbonyl (C=O) groups is 2. The molecule has 0 aromatic heterocycles. The van der Waals surface area contributed by atoms with E-state index in [1.54, 1.807) is 0 Å². The fourth-order valence-electron chi connectivity index (χ4n) is 2.35. The van der Waals surface area contributed by atoms with Crippen molar-refractivity contribution in [1.29, 1.82) is 0 Å². The van der Waals surface area contributed by atoms with Crippen LogP contribution in [0.3, 0.4) is 0 Å². The molecule has 0 atom stereocenters. The number of hydrogen-bond donors (Lipinski definition) is 0. The van der Waals surface area contributed by atoms with E-state index in [-0.39, 0.29) is 12.1 Å². The predicted molar refractivity (Wildman–Crippen MR) is 90.2 cm³/mol. The number of halogens is 5. The van der Waals surface area contributed by atoms with Crippen LogP contribution in [0.5, 0.6) is 0 Å². The summed E-state index contributed by atoms with van der Waals surface area (Å²) in [6.45, 7) is 3.62. The number of benzene rings is 2. The maximum Gasteiger partial charge on any atom is 0.326 e. The summed E-state index contributed by atoms with van der Waals surface area (Å²) in [7, 11) is 0. The van der Waals surface area contributed by atoms with Crippen LogP contribution in [0.25, 0.3) is 0 Å². The first-order valence-corrected chi connectivity index (χ1v) is 8.03. The Kier molecular flexibility index (Phi) is 6.06. The van der Waals surface area contributed by atoms with Gasteiger partial charge >= 0.3 is 5.97 Å². The number of hydrogen-bond acceptors (Lipinski definition) is 3. The first-order chi connectivity index (χ1) is 12.9. The van der Waals surface area contributed by atoms with Gasteiger partial charge in [0.15, 0.2) is 11.6 Å². The van der Waals surface area contributed by atoms with Crippen LogP contribution in [0.1, 0.15) is 31.1 Å². The van der Waals surface area contributed by atoms with Gasteiger partial charge in [0.25, 0.3) is 5.91 Å². The van der Waals surface area contributed by atoms with Crippen molar-refractivity contribution in [3.8, 4) is 0 Å². The van der Waals surface area contributed by atoms with E-state index in [0.29, 0.717) is 4.90 Å². The highest BCUT2D eigenvalue weighted by atomic mass is 19.2. The molecular weight excluding hydrogens is 385 g/mol. The van der Waals surface area contributed by atoms with Crippen LogP contribution in [-0.2, 0) is 9.53 Å². The summed E-state index contributed by atoms with van der Waals surface area (Å²) in [6.07, 6.45) is 0. The third kappa shape index (κ3) is 4.85. The highest BCUT2D eigenvalue weighted by molar-refractivity contribution is 6.08. The molecule has 0 heterocycles. The van der Waals surface area contributed by atoms with Gasteiger partial charge in [-0.25, -0.2) is 22.0 Å². The number of esters is 1. The van der Waals surface area contributed by atoms with Crippen molar-refractivity contribution in [2.24, 2.45) is 0 Å². The molecule has 0 saturated heterocycles. The normalized spacial score (nSPS) is 11.3. The predicted octanol–water partition coefficient (Wildman–Crippen LogP) is 4.37. The number of nitrogens with zero attached hydrogens (tertiary/aromatic N) is 1. The third-order valence-corrected chi connectivity index (χ3v) is 3.40. The Balaban J connectivity index is 2.54. The fraction of sp³-hybridized carbons (Fsp3) is 0.263. The molecule has 150 valence electrons. The van der Waals surface area contributed by atoms with Crippen molar-refractivity contribution in [2.75, 3.05) is 11.4 Å². The zero-order valence-electron chi connectivity index (χ0n) is 15.2. The van der Waals surface area contributed by atoms with E-state index in [1.807, 2.05) is 0 Å². The number of anilines is 1. The zero-order chi connectivity index (χ0) is 21.2. The summed E-state index contributed by atoms with van der Waals surface area (Å²) in [5, 5.41) is 0. The molecule has 2 aromatic carbocycles. The molecule has 28 heavy (non-hydrogen) atoms. The molecule has 9 heteroatoms. The Bertz CT molecular complexity index is 901. The first-order valence-electron chi connectivity index (χ1n) is 8.03. The highest BCUT2D eigenvalue weighted by Gasteiger charge is 2.31. The van der Waals surface area contributed by atoms with Crippen molar-refractivity contribution in [1.82, 2.24) is 0 Å². The second kappa shape index (κ2) is 7.95. The van der Waals surface area contributed by atoms with E-state index in [1.165, 1.54) is 20.8 Å². The van der Waals surface area contributed by atoms with E-state index in [4.69, 9.17) is 4.74 Å². The maximum atomic E-state index is 14.2. The molecule has 1 amide bonds. The van der Waals surface area contributed by atoms with Gasteiger partial charge in [0.1, 0.15) is 35.2 Å². The van der Waals surface area contributed by atoms with Crippen LogP contribution >= 0.6 is 0 Å². The lowest BCUT2D eigenvalue weighted by Crippen LogP contribution is -2.40. The molecule has 2 rings (SSSR count). The van der Waals surface area contributed by atoms with Crippen molar-refractivity contribution >= 4 is 17.6 Å². The molecule has 0 radical (unpaired) electrons. The zero-order valence-corrected chi connectivity index (χ0v) is 15.2. The van der Waals surface area contributed by atoms with Crippen LogP contribution in [0, 0.1) is 29.1 Å². The summed E-state index contributed by atoms with van der Waals surface area (Å²) in [4.78, 5) is 25.1. The minimum absolute atomic E-state index is 0.254. The van der Waals surface area contributed by atoms with Gasteiger partial charge in [0, 0.05) is 12.1 Å². The molecule has 0 aliphatic heterocycles. The standard InChI is InChI=1S/C19H16F5NO3/c1-19(2,3)28-15(26)9-25(14-6-4-5-11(21)17(14)24)18(27)16-12(22)7-10(20)8-13(16)23/h4-8H,9H2,1-3H3. The quantitative estimate of drug-likeness (QED) is 0.565. The number of carbonyl (C=O) groups excluding carboxylic acids is 2. The van der Waals surface area contributed by atoms with Crippen LogP contribution in [0.15, 0.2) is 30.3 Å². The monoisotopic (exact) mass is 401 g/mol. The Morgan fingerprint density at radius 2 is 1.54 bits per heavy atom. The largest absolute Gasteiger partial charge is 0.459 e. The van der Waals surface area contributed by atoms with E-state index < -0.39 is 64.4 Å². The molecule has 0 spiro atoms. The average Bonchev–Trinajstić information content (AvgIpc) is 2.52. The highest BCUT2D eigenvalue weighted by Crippen LogP contribution is 2.26. The lowest BCUT2D eigenvalue weighted by Gasteiger charge is -2.26. The van der Waals surface area contributed by atoms with Crippen molar-refractivity contribution < 1.29 is 36.3 Å². The molecule has 2 aromatic rings. The number of ether oxygens (including phenoxy) is 1. The molecular formula is C19H16F5NO3. The van der Waals surface area contributed by atoms with Gasteiger partial charge in [-0.3, -0.25) is 14.5 Å². The summed E-state index contributed by atoms with van der Waals surface area (Å²) in [6, 6.07) is 3.25. The molecule has 0 fully saturated rings. The molecule has 0 bridgehead atoms. The van der Waals surface area contributed by atoms with Gasteiger partial charge in [-0.05, 0) is 32.9 Å². The summed E-state index contributed by atoms with van der Waals surface area (Å²) in [5.74, 6) is -9.80. The lowest BCUT2D eigenvalue weighted by molar-refractivity contribution is -0.152. The average molecular weight is 401 g/mol. The van der Waals surface area contributed by atoms with Crippen LogP contribution < -0.4 is 4.90 Å². The second-order valence-corrected chi connectivity index (χ2v) is 6.80. The Hall–Kier alpha value is -2.97. The Morgan fingerprint density at radius 1 is 0.964 bits per heavy atom. The van der Waals surface area contributed by atoms with Crippen molar-refractivity contribution in [3.05, 3.63) is 65.0 Å². The van der Waals surface area contributed by atoms with Crippen molar-refractivity contribution in [3.63, 3.8) is 0 Å². The first kappa shape index (κ1) is 21.3. The van der Waals surface area contributed by atoms with Gasteiger partial charge in [0.2, 0.25) is 0 Å². The number of rotatable bonds is 4. The number of amides is 1. The Labute approximate surface area is 157 Å². The lowest BCUT2D eigenvalue weighted by atomic mass is 10.1. The Morgan fingerprint density at radius 3 is 2.07 bits per heavy atom. The smallest absolute Gasteiger partial charge is 0.326 e. The third-order valence-electron chi connectivity index (χ3n) is 3.40. The van der Waals surface area contributed by atoms with Gasteiger partial charge in [-0.15, -0.1) is 0 Å². The minimum Gasteiger partial charge on any atom is -0.459 e. The van der Waals surface area contributed by atoms with Crippen LogP contribution in [0.2, 0.25) is 0 Å². The molecule has 0 aliphatic rings. The summed E-state index contributed by atoms with van der Waals surface area (Å²) >= 11 is 0. The molecule has 0 aliphatic carbocycles. The maximum absolute atomic E-state index is 14.2. The van der Waals surface area contributed by atoms with Gasteiger partial charge < -0.3 is 4.74 Å².